The number of aryl methyl sites for hydroxylation is 1. The molecule has 1 atom stereocenters. The molecule has 0 radical (unpaired) electrons. The molecule has 0 spiro atoms. The third kappa shape index (κ3) is 1.69. The van der Waals surface area contributed by atoms with E-state index in [1.807, 2.05) is 17.5 Å². The largest absolute Gasteiger partial charge is 0.392 e. The summed E-state index contributed by atoms with van der Waals surface area (Å²) in [5.41, 5.74) is 3.07. The fourth-order valence-electron chi connectivity index (χ4n) is 2.15. The second-order valence-corrected chi connectivity index (χ2v) is 4.66. The third-order valence-electron chi connectivity index (χ3n) is 3.18. The third-order valence-corrected chi connectivity index (χ3v) is 3.18. The smallest absolute Gasteiger partial charge is 0.155 e. The van der Waals surface area contributed by atoms with E-state index < -0.39 is 0 Å². The van der Waals surface area contributed by atoms with Crippen LogP contribution in [0.15, 0.2) is 18.5 Å². The van der Waals surface area contributed by atoms with Crippen LogP contribution in [0.3, 0.4) is 0 Å². The highest BCUT2D eigenvalue weighted by Gasteiger charge is 2.30. The van der Waals surface area contributed by atoms with Crippen LogP contribution in [0, 0.1) is 12.8 Å². The van der Waals surface area contributed by atoms with E-state index >= 15 is 0 Å². The van der Waals surface area contributed by atoms with Gasteiger partial charge in [0.05, 0.1) is 6.10 Å². The minimum absolute atomic E-state index is 0.228. The molecule has 0 bridgehead atoms. The molecule has 4 heteroatoms. The Hall–Kier alpha value is -1.42. The summed E-state index contributed by atoms with van der Waals surface area (Å²) >= 11 is 0. The summed E-state index contributed by atoms with van der Waals surface area (Å²) in [7, 11) is 0. The first-order valence-electron chi connectivity index (χ1n) is 5.71. The summed E-state index contributed by atoms with van der Waals surface area (Å²) in [6.07, 6.45) is 4.32. The van der Waals surface area contributed by atoms with E-state index in [1.165, 1.54) is 5.56 Å². The highest BCUT2D eigenvalue weighted by molar-refractivity contribution is 5.41. The average Bonchev–Trinajstić information content (AvgIpc) is 2.98. The van der Waals surface area contributed by atoms with E-state index in [9.17, 15) is 5.11 Å². The van der Waals surface area contributed by atoms with Gasteiger partial charge in [-0.2, -0.15) is 5.10 Å². The summed E-state index contributed by atoms with van der Waals surface area (Å²) in [5.74, 6) is 0.499. The van der Waals surface area contributed by atoms with Gasteiger partial charge in [-0.05, 0) is 43.4 Å². The van der Waals surface area contributed by atoms with Gasteiger partial charge in [0.2, 0.25) is 0 Å². The molecule has 1 unspecified atom stereocenters. The van der Waals surface area contributed by atoms with E-state index in [4.69, 9.17) is 0 Å². The predicted octanol–water partition coefficient (Wildman–Crippen LogP) is 1.35. The summed E-state index contributed by atoms with van der Waals surface area (Å²) in [4.78, 5) is 4.18. The Labute approximate surface area is 93.9 Å². The molecule has 2 aromatic heterocycles. The van der Waals surface area contributed by atoms with Gasteiger partial charge < -0.3 is 5.11 Å². The van der Waals surface area contributed by atoms with Gasteiger partial charge in [0.25, 0.3) is 0 Å². The monoisotopic (exact) mass is 217 g/mol. The molecule has 0 amide bonds. The van der Waals surface area contributed by atoms with E-state index in [2.05, 4.69) is 16.1 Å². The van der Waals surface area contributed by atoms with Crippen molar-refractivity contribution in [1.82, 2.24) is 14.6 Å². The van der Waals surface area contributed by atoms with E-state index in [0.29, 0.717) is 12.3 Å². The Bertz CT molecular complexity index is 516. The SMILES string of the molecule is Cc1cc(CC(O)C2CC2)n2ncnc2c1. The van der Waals surface area contributed by atoms with Gasteiger partial charge >= 0.3 is 0 Å². The Balaban J connectivity index is 1.97. The van der Waals surface area contributed by atoms with Gasteiger partial charge in [0, 0.05) is 12.1 Å². The minimum Gasteiger partial charge on any atom is -0.392 e. The molecule has 1 fully saturated rings. The molecule has 16 heavy (non-hydrogen) atoms. The molecule has 84 valence electrons. The van der Waals surface area contributed by atoms with Crippen LogP contribution >= 0.6 is 0 Å². The van der Waals surface area contributed by atoms with E-state index in [1.54, 1.807) is 6.33 Å². The zero-order chi connectivity index (χ0) is 11.1. The van der Waals surface area contributed by atoms with Crippen LogP contribution in [0.4, 0.5) is 0 Å². The van der Waals surface area contributed by atoms with Crippen molar-refractivity contribution in [2.45, 2.75) is 32.3 Å². The van der Waals surface area contributed by atoms with Crippen molar-refractivity contribution in [2.24, 2.45) is 5.92 Å². The molecular weight excluding hydrogens is 202 g/mol. The summed E-state index contributed by atoms with van der Waals surface area (Å²) in [5, 5.41) is 14.2. The zero-order valence-corrected chi connectivity index (χ0v) is 9.30. The number of aliphatic hydroxyl groups is 1. The molecule has 1 saturated carbocycles. The number of pyridine rings is 1. The van der Waals surface area contributed by atoms with Crippen molar-refractivity contribution < 1.29 is 5.11 Å². The molecule has 1 aliphatic rings. The Morgan fingerprint density at radius 2 is 2.31 bits per heavy atom. The lowest BCUT2D eigenvalue weighted by atomic mass is 10.1. The van der Waals surface area contributed by atoms with Crippen molar-refractivity contribution in [3.05, 3.63) is 29.7 Å². The van der Waals surface area contributed by atoms with Crippen LogP contribution in [0.1, 0.15) is 24.1 Å². The Morgan fingerprint density at radius 3 is 3.06 bits per heavy atom. The van der Waals surface area contributed by atoms with Crippen molar-refractivity contribution in [3.63, 3.8) is 0 Å². The predicted molar refractivity (Wildman–Crippen MR) is 60.2 cm³/mol. The summed E-state index contributed by atoms with van der Waals surface area (Å²) < 4.78 is 1.82. The van der Waals surface area contributed by atoms with Gasteiger partial charge in [-0.1, -0.05) is 0 Å². The molecule has 0 saturated heterocycles. The minimum atomic E-state index is -0.228. The highest BCUT2D eigenvalue weighted by atomic mass is 16.3. The number of aromatic nitrogens is 3. The lowest BCUT2D eigenvalue weighted by Crippen LogP contribution is -2.15. The van der Waals surface area contributed by atoms with Crippen LogP contribution < -0.4 is 0 Å². The first-order chi connectivity index (χ1) is 7.74. The molecule has 0 aliphatic heterocycles. The Morgan fingerprint density at radius 1 is 1.50 bits per heavy atom. The molecule has 3 rings (SSSR count). The fraction of sp³-hybridized carbons (Fsp3) is 0.500. The lowest BCUT2D eigenvalue weighted by Gasteiger charge is -2.10. The van der Waals surface area contributed by atoms with E-state index in [-0.39, 0.29) is 6.10 Å². The first-order valence-corrected chi connectivity index (χ1v) is 5.71. The second kappa shape index (κ2) is 3.56. The number of aliphatic hydroxyl groups excluding tert-OH is 1. The number of rotatable bonds is 3. The summed E-state index contributed by atoms with van der Waals surface area (Å²) in [6, 6.07) is 4.08. The number of hydrogen-bond donors (Lipinski definition) is 1. The van der Waals surface area contributed by atoms with Gasteiger partial charge in [-0.25, -0.2) is 9.50 Å². The fourth-order valence-corrected chi connectivity index (χ4v) is 2.15. The lowest BCUT2D eigenvalue weighted by molar-refractivity contribution is 0.150. The maximum absolute atomic E-state index is 9.97. The number of nitrogens with zero attached hydrogens (tertiary/aromatic N) is 3. The van der Waals surface area contributed by atoms with Crippen LogP contribution in [0.5, 0.6) is 0 Å². The van der Waals surface area contributed by atoms with Crippen molar-refractivity contribution in [2.75, 3.05) is 0 Å². The molecule has 1 aliphatic carbocycles. The van der Waals surface area contributed by atoms with Crippen molar-refractivity contribution in [1.29, 1.82) is 0 Å². The van der Waals surface area contributed by atoms with Gasteiger partial charge in [0.1, 0.15) is 6.33 Å². The number of fused-ring (bicyclic) bond motifs is 1. The molecule has 2 aromatic rings. The van der Waals surface area contributed by atoms with Gasteiger partial charge in [-0.15, -0.1) is 0 Å². The maximum Gasteiger partial charge on any atom is 0.155 e. The molecule has 0 aromatic carbocycles. The Kier molecular flexibility index (Phi) is 2.17. The van der Waals surface area contributed by atoms with Crippen molar-refractivity contribution >= 4 is 5.65 Å². The molecular formula is C12H15N3O. The van der Waals surface area contributed by atoms with Crippen LogP contribution in [0.25, 0.3) is 5.65 Å². The standard InChI is InChI=1S/C12H15N3O/c1-8-4-10(6-11(16)9-2-3-9)15-12(5-8)13-7-14-15/h4-5,7,9,11,16H,2-3,6H2,1H3. The summed E-state index contributed by atoms with van der Waals surface area (Å²) in [6.45, 7) is 2.04. The van der Waals surface area contributed by atoms with Crippen molar-refractivity contribution in [3.8, 4) is 0 Å². The van der Waals surface area contributed by atoms with Crippen LogP contribution in [0.2, 0.25) is 0 Å². The maximum atomic E-state index is 9.97. The molecule has 4 nitrogen and oxygen atoms in total. The zero-order valence-electron chi connectivity index (χ0n) is 9.30. The van der Waals surface area contributed by atoms with Gasteiger partial charge in [-0.3, -0.25) is 0 Å². The molecule has 1 N–H and O–H groups in total. The number of hydrogen-bond acceptors (Lipinski definition) is 3. The second-order valence-electron chi connectivity index (χ2n) is 4.66. The average molecular weight is 217 g/mol. The first kappa shape index (κ1) is 9.78. The quantitative estimate of drug-likeness (QED) is 0.844. The normalized spacial score (nSPS) is 17.9. The van der Waals surface area contributed by atoms with Gasteiger partial charge in [0.15, 0.2) is 5.65 Å². The van der Waals surface area contributed by atoms with E-state index in [0.717, 1.165) is 24.2 Å². The molecule has 2 heterocycles. The van der Waals surface area contributed by atoms with Crippen LogP contribution in [-0.4, -0.2) is 25.8 Å². The van der Waals surface area contributed by atoms with Crippen LogP contribution in [-0.2, 0) is 6.42 Å². The topological polar surface area (TPSA) is 50.4 Å². The highest BCUT2D eigenvalue weighted by Crippen LogP contribution is 2.34.